The molecule has 0 aliphatic carbocycles. The number of rotatable bonds is 5. The summed E-state index contributed by atoms with van der Waals surface area (Å²) in [5.74, 6) is -1.16. The smallest absolute Gasteiger partial charge is 0.337 e. The summed E-state index contributed by atoms with van der Waals surface area (Å²) in [6, 6.07) is 10.0. The van der Waals surface area contributed by atoms with Gasteiger partial charge < -0.3 is 29.9 Å². The van der Waals surface area contributed by atoms with Gasteiger partial charge in [0.1, 0.15) is 11.5 Å². The molecule has 0 aromatic heterocycles. The monoisotopic (exact) mass is 364 g/mol. The molecule has 8 nitrogen and oxygen atoms in total. The third-order valence-corrected chi connectivity index (χ3v) is 3.09. The Kier molecular flexibility index (Phi) is 7.91. The lowest BCUT2D eigenvalue weighted by molar-refractivity contribution is -0.147. The van der Waals surface area contributed by atoms with Gasteiger partial charge in [-0.1, -0.05) is 19.1 Å². The first-order chi connectivity index (χ1) is 12.3. The number of hydrogen-bond donors (Lipinski definition) is 4. The van der Waals surface area contributed by atoms with Crippen LogP contribution in [0.2, 0.25) is 0 Å². The van der Waals surface area contributed by atoms with Gasteiger partial charge in [0.2, 0.25) is 0 Å². The highest BCUT2D eigenvalue weighted by atomic mass is 16.5. The first-order valence-corrected chi connectivity index (χ1v) is 7.56. The molecule has 2 rings (SSSR count). The van der Waals surface area contributed by atoms with Crippen LogP contribution in [0, 0.1) is 0 Å². The number of carboxylic acids is 1. The summed E-state index contributed by atoms with van der Waals surface area (Å²) in [7, 11) is 1.34. The molecule has 0 aliphatic rings. The Hall–Kier alpha value is -3.26. The Morgan fingerprint density at radius 3 is 2.35 bits per heavy atom. The van der Waals surface area contributed by atoms with Gasteiger partial charge in [-0.2, -0.15) is 0 Å². The van der Waals surface area contributed by atoms with Crippen LogP contribution in [0.1, 0.15) is 25.0 Å². The van der Waals surface area contributed by atoms with Crippen molar-refractivity contribution in [2.75, 3.05) is 7.11 Å². The minimum Gasteiger partial charge on any atom is -0.508 e. The third-order valence-electron chi connectivity index (χ3n) is 3.09. The summed E-state index contributed by atoms with van der Waals surface area (Å²) < 4.78 is 9.61. The molecule has 0 fully saturated rings. The van der Waals surface area contributed by atoms with Gasteiger partial charge >= 0.3 is 11.9 Å². The first-order valence-electron chi connectivity index (χ1n) is 7.56. The third kappa shape index (κ3) is 6.33. The molecule has 0 amide bonds. The lowest BCUT2D eigenvalue weighted by atomic mass is 10.1. The molecule has 0 saturated heterocycles. The van der Waals surface area contributed by atoms with E-state index in [0.717, 1.165) is 0 Å². The fourth-order valence-corrected chi connectivity index (χ4v) is 1.76. The van der Waals surface area contributed by atoms with E-state index in [1.165, 1.54) is 37.4 Å². The highest BCUT2D eigenvalue weighted by Gasteiger charge is 2.17. The van der Waals surface area contributed by atoms with Gasteiger partial charge in [0.15, 0.2) is 17.6 Å². The predicted octanol–water partition coefficient (Wildman–Crippen LogP) is 2.23. The van der Waals surface area contributed by atoms with Crippen LogP contribution in [0.5, 0.6) is 23.0 Å². The highest BCUT2D eigenvalue weighted by molar-refractivity contribution is 5.74. The van der Waals surface area contributed by atoms with Crippen molar-refractivity contribution in [2.45, 2.75) is 19.4 Å². The van der Waals surface area contributed by atoms with E-state index in [1.807, 2.05) is 0 Å². The van der Waals surface area contributed by atoms with E-state index < -0.39 is 12.1 Å². The second kappa shape index (κ2) is 9.90. The molecular formula is C18H20O8. The number of methoxy groups -OCH3 is 1. The summed E-state index contributed by atoms with van der Waals surface area (Å²) >= 11 is 0. The Bertz CT molecular complexity index is 757. The van der Waals surface area contributed by atoms with Crippen molar-refractivity contribution < 1.29 is 39.5 Å². The standard InChI is InChI=1S/C9H10O5.C9H10O3/c1-14-7-4-5(2-3-6(7)10)8(11)9(12)13;1-2-9(11)12-8-5-3-4-7(10)6-8/h2-4,8,10-11H,1H3,(H,12,13);3-6,10H,2H2,1H3. The van der Waals surface area contributed by atoms with E-state index >= 15 is 0 Å². The minimum atomic E-state index is -1.61. The van der Waals surface area contributed by atoms with Crippen LogP contribution in [-0.2, 0) is 9.59 Å². The zero-order valence-electron chi connectivity index (χ0n) is 14.2. The Labute approximate surface area is 149 Å². The number of phenols is 2. The molecule has 140 valence electrons. The van der Waals surface area contributed by atoms with Crippen LogP contribution in [0.25, 0.3) is 0 Å². The number of aliphatic hydroxyl groups excluding tert-OH is 1. The number of ether oxygens (including phenoxy) is 2. The molecule has 1 atom stereocenters. The lowest BCUT2D eigenvalue weighted by Crippen LogP contribution is -2.10. The van der Waals surface area contributed by atoms with Crippen LogP contribution in [-0.4, -0.2) is 39.5 Å². The molecule has 0 heterocycles. The van der Waals surface area contributed by atoms with E-state index in [4.69, 9.17) is 19.7 Å². The van der Waals surface area contributed by atoms with Crippen LogP contribution in [0.4, 0.5) is 0 Å². The molecule has 2 aromatic rings. The van der Waals surface area contributed by atoms with Gasteiger partial charge in [-0.25, -0.2) is 4.79 Å². The molecule has 0 spiro atoms. The Morgan fingerprint density at radius 2 is 1.81 bits per heavy atom. The Balaban J connectivity index is 0.000000263. The number of esters is 1. The SMILES string of the molecule is CCC(=O)Oc1cccc(O)c1.COc1cc(C(O)C(=O)O)ccc1O. The van der Waals surface area contributed by atoms with Gasteiger partial charge in [-0.15, -0.1) is 0 Å². The van der Waals surface area contributed by atoms with Gasteiger partial charge in [-0.05, 0) is 29.8 Å². The van der Waals surface area contributed by atoms with E-state index in [-0.39, 0.29) is 28.8 Å². The summed E-state index contributed by atoms with van der Waals surface area (Å²) in [6.07, 6.45) is -1.28. The number of carbonyl (C=O) groups excluding carboxylic acids is 1. The predicted molar refractivity (Wildman–Crippen MR) is 91.3 cm³/mol. The highest BCUT2D eigenvalue weighted by Crippen LogP contribution is 2.28. The van der Waals surface area contributed by atoms with E-state index in [1.54, 1.807) is 19.1 Å². The van der Waals surface area contributed by atoms with Gasteiger partial charge in [-0.3, -0.25) is 4.79 Å². The first kappa shape index (κ1) is 20.8. The molecule has 0 bridgehead atoms. The van der Waals surface area contributed by atoms with Gasteiger partial charge in [0.25, 0.3) is 0 Å². The van der Waals surface area contributed by atoms with Crippen LogP contribution in [0.15, 0.2) is 42.5 Å². The zero-order valence-corrected chi connectivity index (χ0v) is 14.2. The molecule has 26 heavy (non-hydrogen) atoms. The topological polar surface area (TPSA) is 134 Å². The average Bonchev–Trinajstić information content (AvgIpc) is 2.62. The summed E-state index contributed by atoms with van der Waals surface area (Å²) in [5, 5.41) is 35.9. The van der Waals surface area contributed by atoms with Gasteiger partial charge in [0.05, 0.1) is 7.11 Å². The van der Waals surface area contributed by atoms with Crippen molar-refractivity contribution in [1.82, 2.24) is 0 Å². The van der Waals surface area contributed by atoms with Crippen LogP contribution in [0.3, 0.4) is 0 Å². The molecule has 2 aromatic carbocycles. The maximum absolute atomic E-state index is 10.8. The number of aliphatic hydroxyl groups is 1. The summed E-state index contributed by atoms with van der Waals surface area (Å²) in [4.78, 5) is 21.2. The molecule has 0 saturated carbocycles. The van der Waals surface area contributed by atoms with Crippen molar-refractivity contribution in [2.24, 2.45) is 0 Å². The van der Waals surface area contributed by atoms with Gasteiger partial charge in [0, 0.05) is 12.5 Å². The number of aromatic hydroxyl groups is 2. The average molecular weight is 364 g/mol. The van der Waals surface area contributed by atoms with Crippen molar-refractivity contribution in [1.29, 1.82) is 0 Å². The maximum atomic E-state index is 10.8. The molecule has 1 unspecified atom stereocenters. The maximum Gasteiger partial charge on any atom is 0.337 e. The Morgan fingerprint density at radius 1 is 1.12 bits per heavy atom. The van der Waals surface area contributed by atoms with Crippen LogP contribution >= 0.6 is 0 Å². The fraction of sp³-hybridized carbons (Fsp3) is 0.222. The zero-order chi connectivity index (χ0) is 19.7. The minimum absolute atomic E-state index is 0.0939. The summed E-state index contributed by atoms with van der Waals surface area (Å²) in [5.41, 5.74) is 0.159. The fourth-order valence-electron chi connectivity index (χ4n) is 1.76. The van der Waals surface area contributed by atoms with Crippen LogP contribution < -0.4 is 9.47 Å². The number of carboxylic acid groups (broad SMARTS) is 1. The molecule has 0 radical (unpaired) electrons. The van der Waals surface area contributed by atoms with Crippen molar-refractivity contribution in [3.05, 3.63) is 48.0 Å². The molecule has 0 aliphatic heterocycles. The summed E-state index contributed by atoms with van der Waals surface area (Å²) in [6.45, 7) is 1.71. The second-order valence-corrected chi connectivity index (χ2v) is 5.00. The molecular weight excluding hydrogens is 344 g/mol. The van der Waals surface area contributed by atoms with E-state index in [2.05, 4.69) is 0 Å². The largest absolute Gasteiger partial charge is 0.508 e. The molecule has 8 heteroatoms. The van der Waals surface area contributed by atoms with E-state index in [9.17, 15) is 19.8 Å². The van der Waals surface area contributed by atoms with Crippen molar-refractivity contribution in [3.8, 4) is 23.0 Å². The number of hydrogen-bond acceptors (Lipinski definition) is 7. The number of phenolic OH excluding ortho intramolecular Hbond substituents is 2. The van der Waals surface area contributed by atoms with Crippen molar-refractivity contribution >= 4 is 11.9 Å². The number of benzene rings is 2. The number of aliphatic carboxylic acids is 1. The van der Waals surface area contributed by atoms with E-state index in [0.29, 0.717) is 12.2 Å². The second-order valence-electron chi connectivity index (χ2n) is 5.00. The lowest BCUT2D eigenvalue weighted by Gasteiger charge is -2.08. The molecule has 4 N–H and O–H groups in total. The number of carbonyl (C=O) groups is 2. The quantitative estimate of drug-likeness (QED) is 0.469. The van der Waals surface area contributed by atoms with Crippen molar-refractivity contribution in [3.63, 3.8) is 0 Å². The normalized spacial score (nSPS) is 10.9.